The van der Waals surface area contributed by atoms with Crippen molar-refractivity contribution in [3.63, 3.8) is 0 Å². The van der Waals surface area contributed by atoms with E-state index < -0.39 is 0 Å². The Labute approximate surface area is 92.3 Å². The SMILES string of the molecule is B[C@@H]1OCC(OC(C)S)C1OC(C)C. The Hall–Kier alpha value is 0.295. The smallest absolute Gasteiger partial charge is 0.142 e. The summed E-state index contributed by atoms with van der Waals surface area (Å²) in [6.07, 6.45) is 0.245. The molecule has 3 unspecified atom stereocenters. The first-order valence-electron chi connectivity index (χ1n) is 5.11. The zero-order chi connectivity index (χ0) is 10.7. The second-order valence-corrected chi connectivity index (χ2v) is 4.69. The van der Waals surface area contributed by atoms with Gasteiger partial charge in [0.25, 0.3) is 0 Å². The van der Waals surface area contributed by atoms with Gasteiger partial charge in [-0.25, -0.2) is 0 Å². The van der Waals surface area contributed by atoms with Crippen LogP contribution in [0, 0.1) is 0 Å². The molecule has 1 saturated heterocycles. The van der Waals surface area contributed by atoms with Gasteiger partial charge in [-0.1, -0.05) is 0 Å². The summed E-state index contributed by atoms with van der Waals surface area (Å²) in [5.41, 5.74) is -0.0767. The van der Waals surface area contributed by atoms with Crippen molar-refractivity contribution in [2.45, 2.75) is 50.5 Å². The summed E-state index contributed by atoms with van der Waals surface area (Å²) in [5.74, 6) is 0. The maximum atomic E-state index is 5.75. The molecule has 1 aliphatic heterocycles. The fraction of sp³-hybridized carbons (Fsp3) is 1.00. The Morgan fingerprint density at radius 1 is 1.36 bits per heavy atom. The molecule has 1 aliphatic rings. The standard InChI is InChI=1S/C9H19BO3S/c1-5(2)12-8-7(13-6(3)14)4-11-9(8)10/h5-9,14H,4,10H2,1-3H3/t6?,7?,8?,9-/m1/s1. The normalized spacial score (nSPS) is 35.1. The van der Waals surface area contributed by atoms with Crippen molar-refractivity contribution in [3.05, 3.63) is 0 Å². The lowest BCUT2D eigenvalue weighted by Crippen LogP contribution is -2.38. The number of rotatable bonds is 4. The molecule has 0 spiro atoms. The second-order valence-electron chi connectivity index (χ2n) is 3.96. The van der Waals surface area contributed by atoms with Crippen LogP contribution in [0.5, 0.6) is 0 Å². The first-order chi connectivity index (χ1) is 6.50. The lowest BCUT2D eigenvalue weighted by Gasteiger charge is -2.24. The minimum absolute atomic E-state index is 0.0138. The van der Waals surface area contributed by atoms with Crippen LogP contribution in [-0.2, 0) is 14.2 Å². The molecule has 14 heavy (non-hydrogen) atoms. The molecule has 1 rings (SSSR count). The Bertz CT molecular complexity index is 177. The molecule has 0 saturated carbocycles. The summed E-state index contributed by atoms with van der Waals surface area (Å²) >= 11 is 4.20. The lowest BCUT2D eigenvalue weighted by molar-refractivity contribution is -0.0763. The monoisotopic (exact) mass is 218 g/mol. The van der Waals surface area contributed by atoms with Gasteiger partial charge < -0.3 is 14.2 Å². The van der Waals surface area contributed by atoms with Crippen molar-refractivity contribution in [2.24, 2.45) is 0 Å². The van der Waals surface area contributed by atoms with Crippen molar-refractivity contribution >= 4 is 20.5 Å². The zero-order valence-electron chi connectivity index (χ0n) is 9.27. The van der Waals surface area contributed by atoms with Gasteiger partial charge in [-0.3, -0.25) is 0 Å². The minimum atomic E-state index is -0.0767. The summed E-state index contributed by atoms with van der Waals surface area (Å²) in [6.45, 7) is 6.54. The quantitative estimate of drug-likeness (QED) is 0.421. The molecule has 0 aromatic heterocycles. The summed E-state index contributed by atoms with van der Waals surface area (Å²) in [7, 11) is 2.01. The fourth-order valence-electron chi connectivity index (χ4n) is 1.62. The average molecular weight is 218 g/mol. The van der Waals surface area contributed by atoms with Crippen molar-refractivity contribution in [3.8, 4) is 0 Å². The van der Waals surface area contributed by atoms with Gasteiger partial charge in [-0.15, -0.1) is 12.6 Å². The van der Waals surface area contributed by atoms with Crippen LogP contribution in [0.2, 0.25) is 0 Å². The van der Waals surface area contributed by atoms with Crippen molar-refractivity contribution in [1.82, 2.24) is 0 Å². The van der Waals surface area contributed by atoms with Crippen LogP contribution >= 0.6 is 12.6 Å². The molecule has 0 bridgehead atoms. The maximum Gasteiger partial charge on any atom is 0.142 e. The number of hydrogen-bond donors (Lipinski definition) is 1. The highest BCUT2D eigenvalue weighted by Gasteiger charge is 2.37. The molecular weight excluding hydrogens is 199 g/mol. The van der Waals surface area contributed by atoms with Crippen LogP contribution in [-0.4, -0.2) is 44.2 Å². The maximum absolute atomic E-state index is 5.75. The van der Waals surface area contributed by atoms with E-state index in [1.54, 1.807) is 0 Å². The van der Waals surface area contributed by atoms with E-state index in [1.807, 2.05) is 28.6 Å². The molecule has 0 aromatic carbocycles. The van der Waals surface area contributed by atoms with Crippen LogP contribution in [0.25, 0.3) is 0 Å². The van der Waals surface area contributed by atoms with E-state index >= 15 is 0 Å². The van der Waals surface area contributed by atoms with E-state index in [-0.39, 0.29) is 29.8 Å². The van der Waals surface area contributed by atoms with Gasteiger partial charge in [0.05, 0.1) is 24.2 Å². The average Bonchev–Trinajstić information content (AvgIpc) is 2.34. The van der Waals surface area contributed by atoms with Crippen molar-refractivity contribution < 1.29 is 14.2 Å². The van der Waals surface area contributed by atoms with E-state index in [4.69, 9.17) is 14.2 Å². The largest absolute Gasteiger partial charge is 0.382 e. The van der Waals surface area contributed by atoms with Gasteiger partial charge in [0.2, 0.25) is 0 Å². The molecule has 0 aliphatic carbocycles. The fourth-order valence-corrected chi connectivity index (χ4v) is 1.78. The molecule has 0 aromatic rings. The molecule has 0 amide bonds. The van der Waals surface area contributed by atoms with E-state index in [9.17, 15) is 0 Å². The molecule has 82 valence electrons. The van der Waals surface area contributed by atoms with Gasteiger partial charge in [0.1, 0.15) is 20.1 Å². The van der Waals surface area contributed by atoms with E-state index in [0.717, 1.165) is 0 Å². The summed E-state index contributed by atoms with van der Waals surface area (Å²) in [5, 5.41) is 0. The van der Waals surface area contributed by atoms with Gasteiger partial charge in [0.15, 0.2) is 0 Å². The van der Waals surface area contributed by atoms with Gasteiger partial charge in [-0.2, -0.15) is 0 Å². The first kappa shape index (κ1) is 12.4. The van der Waals surface area contributed by atoms with Gasteiger partial charge in [-0.05, 0) is 20.8 Å². The molecule has 4 atom stereocenters. The highest BCUT2D eigenvalue weighted by atomic mass is 32.1. The molecule has 5 heteroatoms. The summed E-state index contributed by atoms with van der Waals surface area (Å²) in [4.78, 5) is 0. The van der Waals surface area contributed by atoms with Gasteiger partial charge >= 0.3 is 0 Å². The van der Waals surface area contributed by atoms with Crippen LogP contribution in [0.3, 0.4) is 0 Å². The van der Waals surface area contributed by atoms with Gasteiger partial charge in [0, 0.05) is 0 Å². The number of hydrogen-bond acceptors (Lipinski definition) is 4. The first-order valence-corrected chi connectivity index (χ1v) is 5.63. The highest BCUT2D eigenvalue weighted by molar-refractivity contribution is 7.80. The topological polar surface area (TPSA) is 27.7 Å². The number of thiol groups is 1. The second kappa shape index (κ2) is 5.40. The van der Waals surface area contributed by atoms with Crippen LogP contribution in [0.15, 0.2) is 0 Å². The molecule has 0 N–H and O–H groups in total. The third-order valence-electron chi connectivity index (χ3n) is 2.15. The molecule has 3 nitrogen and oxygen atoms in total. The van der Waals surface area contributed by atoms with E-state index in [0.29, 0.717) is 6.61 Å². The highest BCUT2D eigenvalue weighted by Crippen LogP contribution is 2.21. The molecular formula is C9H19BO3S. The third kappa shape index (κ3) is 3.46. The Kier molecular flexibility index (Phi) is 4.77. The van der Waals surface area contributed by atoms with E-state index in [2.05, 4.69) is 12.6 Å². The van der Waals surface area contributed by atoms with Crippen molar-refractivity contribution in [2.75, 3.05) is 6.61 Å². The Morgan fingerprint density at radius 2 is 2.00 bits per heavy atom. The third-order valence-corrected chi connectivity index (χ3v) is 2.28. The predicted molar refractivity (Wildman–Crippen MR) is 61.6 cm³/mol. The predicted octanol–water partition coefficient (Wildman–Crippen LogP) is 0.430. The van der Waals surface area contributed by atoms with Crippen LogP contribution in [0.4, 0.5) is 0 Å². The summed E-state index contributed by atoms with van der Waals surface area (Å²) in [6, 6.07) is 0.106. The minimum Gasteiger partial charge on any atom is -0.382 e. The molecule has 1 fully saturated rings. The molecule has 1 heterocycles. The number of ether oxygens (including phenoxy) is 3. The molecule has 0 radical (unpaired) electrons. The summed E-state index contributed by atoms with van der Waals surface area (Å²) < 4.78 is 16.9. The van der Waals surface area contributed by atoms with Crippen LogP contribution in [0.1, 0.15) is 20.8 Å². The Morgan fingerprint density at radius 3 is 2.50 bits per heavy atom. The lowest BCUT2D eigenvalue weighted by atomic mass is 9.93. The van der Waals surface area contributed by atoms with Crippen LogP contribution < -0.4 is 0 Å². The zero-order valence-corrected chi connectivity index (χ0v) is 10.2. The van der Waals surface area contributed by atoms with Crippen molar-refractivity contribution in [1.29, 1.82) is 0 Å². The van der Waals surface area contributed by atoms with E-state index in [1.165, 1.54) is 0 Å². The Balaban J connectivity index is 2.48.